The fourth-order valence-corrected chi connectivity index (χ4v) is 3.92. The monoisotopic (exact) mass is 378 g/mol. The number of hydrogen-bond donors (Lipinski definition) is 3. The second-order valence-corrected chi connectivity index (χ2v) is 7.74. The Morgan fingerprint density at radius 1 is 1.44 bits per heavy atom. The van der Waals surface area contributed by atoms with Crippen LogP contribution in [0.15, 0.2) is 0 Å². The standard InChI is InChI=1S/C13H22N4O7S/c1-8-4-9(14-5-8)7-23-15-12(18)11-3-2-10-6-16(11)13(19)17(10)24-25(20,21)22/h8-11,14H,2-7H2,1H3,(H,15,18)(H,20,21,22)/t8-,9+,10?,11?/m1/s1. The van der Waals surface area contributed by atoms with Crippen molar-refractivity contribution in [2.45, 2.75) is 44.3 Å². The topological polar surface area (TPSA) is 138 Å². The van der Waals surface area contributed by atoms with E-state index in [2.05, 4.69) is 22.0 Å². The van der Waals surface area contributed by atoms with Gasteiger partial charge in [-0.2, -0.15) is 13.5 Å². The van der Waals surface area contributed by atoms with Gasteiger partial charge < -0.3 is 10.2 Å². The highest BCUT2D eigenvalue weighted by molar-refractivity contribution is 7.80. The summed E-state index contributed by atoms with van der Waals surface area (Å²) in [5.74, 6) is 0.0992. The van der Waals surface area contributed by atoms with Gasteiger partial charge in [-0.25, -0.2) is 10.3 Å². The summed E-state index contributed by atoms with van der Waals surface area (Å²) in [5.41, 5.74) is 2.36. The molecule has 0 aromatic rings. The second kappa shape index (κ2) is 7.03. The summed E-state index contributed by atoms with van der Waals surface area (Å²) in [6, 6.07) is -1.89. The maximum absolute atomic E-state index is 12.3. The minimum Gasteiger partial charge on any atom is -0.311 e. The molecule has 3 N–H and O–H groups in total. The Kier molecular flexibility index (Phi) is 5.16. The SMILES string of the molecule is C[C@H]1CN[C@H](CONC(=O)C2CCC3CN2C(=O)N3OS(=O)(=O)O)C1. The average molecular weight is 378 g/mol. The highest BCUT2D eigenvalue weighted by atomic mass is 32.3. The molecule has 2 unspecified atom stereocenters. The number of hydroxylamine groups is 3. The van der Waals surface area contributed by atoms with Crippen LogP contribution in [0.25, 0.3) is 0 Å². The number of carbonyl (C=O) groups is 2. The highest BCUT2D eigenvalue weighted by Gasteiger charge is 2.49. The fraction of sp³-hybridized carbons (Fsp3) is 0.846. The van der Waals surface area contributed by atoms with E-state index in [1.54, 1.807) is 0 Å². The normalized spacial score (nSPS) is 32.3. The Bertz CT molecular complexity index is 642. The molecule has 12 heteroatoms. The van der Waals surface area contributed by atoms with E-state index < -0.39 is 34.4 Å². The molecule has 0 aliphatic carbocycles. The summed E-state index contributed by atoms with van der Waals surface area (Å²) in [7, 11) is -4.80. The van der Waals surface area contributed by atoms with E-state index in [1.807, 2.05) is 0 Å². The zero-order valence-corrected chi connectivity index (χ0v) is 14.6. The third-order valence-corrected chi connectivity index (χ3v) is 5.05. The Morgan fingerprint density at radius 3 is 2.84 bits per heavy atom. The first-order valence-corrected chi connectivity index (χ1v) is 9.53. The highest BCUT2D eigenvalue weighted by Crippen LogP contribution is 2.30. The van der Waals surface area contributed by atoms with E-state index in [9.17, 15) is 18.0 Å². The summed E-state index contributed by atoms with van der Waals surface area (Å²) in [6.45, 7) is 3.52. The molecule has 0 spiro atoms. The number of hydrogen-bond acceptors (Lipinski definition) is 7. The van der Waals surface area contributed by atoms with Crippen molar-refractivity contribution >= 4 is 22.3 Å². The molecular formula is C13H22N4O7S. The van der Waals surface area contributed by atoms with Gasteiger partial charge >= 0.3 is 16.4 Å². The van der Waals surface area contributed by atoms with Crippen molar-refractivity contribution < 1.29 is 31.7 Å². The number of nitrogens with zero attached hydrogens (tertiary/aromatic N) is 2. The van der Waals surface area contributed by atoms with Crippen LogP contribution < -0.4 is 10.8 Å². The molecule has 3 amide bonds. The molecular weight excluding hydrogens is 356 g/mol. The lowest BCUT2D eigenvalue weighted by molar-refractivity contribution is -0.139. The number of nitrogens with one attached hydrogen (secondary N) is 2. The molecule has 11 nitrogen and oxygen atoms in total. The molecule has 0 aromatic carbocycles. The van der Waals surface area contributed by atoms with Gasteiger partial charge in [0.15, 0.2) is 0 Å². The lowest BCUT2D eigenvalue weighted by atomic mass is 10.0. The molecule has 3 aliphatic heterocycles. The van der Waals surface area contributed by atoms with Crippen molar-refractivity contribution in [3.63, 3.8) is 0 Å². The van der Waals surface area contributed by atoms with Crippen molar-refractivity contribution in [3.05, 3.63) is 0 Å². The van der Waals surface area contributed by atoms with Crippen molar-refractivity contribution in [1.29, 1.82) is 0 Å². The van der Waals surface area contributed by atoms with Crippen LogP contribution >= 0.6 is 0 Å². The molecule has 3 rings (SSSR count). The van der Waals surface area contributed by atoms with Gasteiger partial charge in [-0.05, 0) is 31.7 Å². The lowest BCUT2D eigenvalue weighted by Gasteiger charge is -2.29. The van der Waals surface area contributed by atoms with Crippen LogP contribution in [0.3, 0.4) is 0 Å². The number of amides is 3. The molecule has 3 aliphatic rings. The van der Waals surface area contributed by atoms with E-state index in [-0.39, 0.29) is 12.6 Å². The maximum Gasteiger partial charge on any atom is 0.418 e. The predicted molar refractivity (Wildman–Crippen MR) is 83.1 cm³/mol. The van der Waals surface area contributed by atoms with E-state index in [4.69, 9.17) is 9.39 Å². The van der Waals surface area contributed by atoms with E-state index in [0.29, 0.717) is 30.4 Å². The molecule has 3 heterocycles. The number of fused-ring (bicyclic) bond motifs is 2. The largest absolute Gasteiger partial charge is 0.418 e. The molecule has 4 atom stereocenters. The smallest absolute Gasteiger partial charge is 0.311 e. The Labute approximate surface area is 145 Å². The van der Waals surface area contributed by atoms with Crippen molar-refractivity contribution in [1.82, 2.24) is 20.8 Å². The quantitative estimate of drug-likeness (QED) is 0.397. The summed E-state index contributed by atoms with van der Waals surface area (Å²) >= 11 is 0. The van der Waals surface area contributed by atoms with Crippen molar-refractivity contribution in [2.24, 2.45) is 5.92 Å². The molecule has 0 saturated carbocycles. The summed E-state index contributed by atoms with van der Waals surface area (Å²) < 4.78 is 34.8. The molecule has 0 aromatic heterocycles. The zero-order valence-electron chi connectivity index (χ0n) is 13.8. The summed E-state index contributed by atoms with van der Waals surface area (Å²) in [5, 5.41) is 3.88. The number of rotatable bonds is 6. The van der Waals surface area contributed by atoms with Gasteiger partial charge in [0.2, 0.25) is 0 Å². The number of piperidine rings is 1. The number of urea groups is 1. The van der Waals surface area contributed by atoms with Gasteiger partial charge in [0, 0.05) is 12.6 Å². The van der Waals surface area contributed by atoms with Crippen LogP contribution in [0.1, 0.15) is 26.2 Å². The predicted octanol–water partition coefficient (Wildman–Crippen LogP) is -0.965. The second-order valence-electron chi connectivity index (χ2n) is 6.73. The zero-order chi connectivity index (χ0) is 18.2. The molecule has 142 valence electrons. The van der Waals surface area contributed by atoms with Gasteiger partial charge in [0.25, 0.3) is 5.91 Å². The van der Waals surface area contributed by atoms with Gasteiger partial charge in [-0.1, -0.05) is 6.92 Å². The molecule has 3 saturated heterocycles. The van der Waals surface area contributed by atoms with Crippen LogP contribution in [-0.2, 0) is 24.3 Å². The van der Waals surface area contributed by atoms with Crippen molar-refractivity contribution in [2.75, 3.05) is 19.7 Å². The minimum absolute atomic E-state index is 0.147. The first-order chi connectivity index (χ1) is 11.7. The van der Waals surface area contributed by atoms with Crippen LogP contribution in [0.5, 0.6) is 0 Å². The average Bonchev–Trinajstić information content (AvgIpc) is 3.04. The van der Waals surface area contributed by atoms with Crippen LogP contribution in [0, 0.1) is 5.92 Å². The van der Waals surface area contributed by atoms with E-state index in [0.717, 1.165) is 13.0 Å². The maximum atomic E-state index is 12.3. The third-order valence-electron chi connectivity index (χ3n) is 4.70. The fourth-order valence-electron chi connectivity index (χ4n) is 3.53. The Hall–Kier alpha value is -1.47. The van der Waals surface area contributed by atoms with Gasteiger partial charge in [0.1, 0.15) is 6.04 Å². The molecule has 3 fully saturated rings. The summed E-state index contributed by atoms with van der Waals surface area (Å²) in [6.07, 6.45) is 1.68. The van der Waals surface area contributed by atoms with Gasteiger partial charge in [-0.15, -0.1) is 4.28 Å². The summed E-state index contributed by atoms with van der Waals surface area (Å²) in [4.78, 5) is 31.0. The molecule has 2 bridgehead atoms. The minimum atomic E-state index is -4.80. The molecule has 0 radical (unpaired) electrons. The molecule has 25 heavy (non-hydrogen) atoms. The van der Waals surface area contributed by atoms with Gasteiger partial charge in [-0.3, -0.25) is 14.2 Å². The van der Waals surface area contributed by atoms with Gasteiger partial charge in [0.05, 0.1) is 12.6 Å². The van der Waals surface area contributed by atoms with Crippen LogP contribution in [0.4, 0.5) is 4.79 Å². The van der Waals surface area contributed by atoms with Crippen LogP contribution in [-0.4, -0.2) is 72.7 Å². The lowest BCUT2D eigenvalue weighted by Crippen LogP contribution is -2.50. The Morgan fingerprint density at radius 2 is 2.20 bits per heavy atom. The Balaban J connectivity index is 1.52. The number of carbonyl (C=O) groups excluding carboxylic acids is 2. The van der Waals surface area contributed by atoms with E-state index in [1.165, 1.54) is 4.90 Å². The third kappa shape index (κ3) is 4.20. The first kappa shape index (κ1) is 18.3. The van der Waals surface area contributed by atoms with Crippen molar-refractivity contribution in [3.8, 4) is 0 Å². The first-order valence-electron chi connectivity index (χ1n) is 8.16. The van der Waals surface area contributed by atoms with Crippen LogP contribution in [0.2, 0.25) is 0 Å². The van der Waals surface area contributed by atoms with E-state index >= 15 is 0 Å².